The number of halogens is 1. The SMILES string of the molecule is CN1CCN(c2nnc3n2-c2ccccc2Sc2ccc(Cl)cc2-3)CC1. The largest absolute Gasteiger partial charge is 0.338 e. The number of rotatable bonds is 1. The van der Waals surface area contributed by atoms with Crippen molar-refractivity contribution in [1.29, 1.82) is 0 Å². The van der Waals surface area contributed by atoms with Gasteiger partial charge in [0.25, 0.3) is 0 Å². The van der Waals surface area contributed by atoms with E-state index in [1.165, 1.54) is 4.90 Å². The van der Waals surface area contributed by atoms with Crippen molar-refractivity contribution in [3.8, 4) is 17.1 Å². The molecule has 0 radical (unpaired) electrons. The van der Waals surface area contributed by atoms with Crippen molar-refractivity contribution < 1.29 is 0 Å². The molecule has 5 rings (SSSR count). The maximum absolute atomic E-state index is 6.30. The van der Waals surface area contributed by atoms with E-state index in [1.54, 1.807) is 11.8 Å². The zero-order valence-corrected chi connectivity index (χ0v) is 16.0. The topological polar surface area (TPSA) is 37.2 Å². The van der Waals surface area contributed by atoms with Crippen molar-refractivity contribution >= 4 is 29.3 Å². The predicted molar refractivity (Wildman–Crippen MR) is 106 cm³/mol. The Bertz CT molecular complexity index is 978. The molecule has 5 nitrogen and oxygen atoms in total. The van der Waals surface area contributed by atoms with E-state index in [0.29, 0.717) is 5.02 Å². The molecule has 1 saturated heterocycles. The van der Waals surface area contributed by atoms with E-state index in [-0.39, 0.29) is 0 Å². The zero-order chi connectivity index (χ0) is 17.7. The van der Waals surface area contributed by atoms with E-state index in [2.05, 4.69) is 61.9 Å². The van der Waals surface area contributed by atoms with Crippen LogP contribution in [0.15, 0.2) is 52.3 Å². The number of benzene rings is 2. The second-order valence-electron chi connectivity index (χ2n) is 6.66. The molecule has 26 heavy (non-hydrogen) atoms. The quantitative estimate of drug-likeness (QED) is 0.499. The van der Waals surface area contributed by atoms with Gasteiger partial charge in [-0.1, -0.05) is 35.5 Å². The van der Waals surface area contributed by atoms with Gasteiger partial charge in [-0.3, -0.25) is 4.57 Å². The summed E-state index contributed by atoms with van der Waals surface area (Å²) in [5, 5.41) is 9.88. The molecule has 0 unspecified atom stereocenters. The molecule has 2 aliphatic heterocycles. The van der Waals surface area contributed by atoms with E-state index in [0.717, 1.165) is 54.1 Å². The molecule has 1 aromatic heterocycles. The molecule has 0 amide bonds. The lowest BCUT2D eigenvalue weighted by Crippen LogP contribution is -2.45. The van der Waals surface area contributed by atoms with Gasteiger partial charge in [-0.05, 0) is 37.4 Å². The van der Waals surface area contributed by atoms with Crippen LogP contribution in [0.5, 0.6) is 0 Å². The fourth-order valence-electron chi connectivity index (χ4n) is 3.50. The van der Waals surface area contributed by atoms with Gasteiger partial charge in [-0.25, -0.2) is 0 Å². The third kappa shape index (κ3) is 2.60. The van der Waals surface area contributed by atoms with Gasteiger partial charge in [0, 0.05) is 46.6 Å². The maximum atomic E-state index is 6.30. The number of nitrogens with zero attached hydrogens (tertiary/aromatic N) is 5. The Morgan fingerprint density at radius 2 is 1.77 bits per heavy atom. The van der Waals surface area contributed by atoms with Crippen LogP contribution in [0, 0.1) is 0 Å². The first-order valence-electron chi connectivity index (χ1n) is 8.67. The summed E-state index contributed by atoms with van der Waals surface area (Å²) in [7, 11) is 2.16. The third-order valence-corrected chi connectivity index (χ3v) is 6.32. The molecule has 0 spiro atoms. The highest BCUT2D eigenvalue weighted by Crippen LogP contribution is 2.44. The van der Waals surface area contributed by atoms with E-state index in [4.69, 9.17) is 11.6 Å². The van der Waals surface area contributed by atoms with Crippen LogP contribution in [-0.4, -0.2) is 52.9 Å². The summed E-state index contributed by atoms with van der Waals surface area (Å²) in [6.45, 7) is 3.96. The van der Waals surface area contributed by atoms with Gasteiger partial charge < -0.3 is 9.80 Å². The Morgan fingerprint density at radius 1 is 0.962 bits per heavy atom. The van der Waals surface area contributed by atoms with E-state index in [9.17, 15) is 0 Å². The number of hydrogen-bond acceptors (Lipinski definition) is 5. The van der Waals surface area contributed by atoms with Gasteiger partial charge in [-0.2, -0.15) is 0 Å². The minimum atomic E-state index is 0.714. The summed E-state index contributed by atoms with van der Waals surface area (Å²) in [6.07, 6.45) is 0. The van der Waals surface area contributed by atoms with Crippen LogP contribution in [0.4, 0.5) is 5.95 Å². The molecular weight excluding hydrogens is 366 g/mol. The maximum Gasteiger partial charge on any atom is 0.232 e. The van der Waals surface area contributed by atoms with Crippen LogP contribution in [0.2, 0.25) is 5.02 Å². The van der Waals surface area contributed by atoms with Crippen LogP contribution in [0.1, 0.15) is 0 Å². The molecule has 1 fully saturated rings. The molecule has 0 saturated carbocycles. The first-order chi connectivity index (χ1) is 12.7. The lowest BCUT2D eigenvalue weighted by molar-refractivity contribution is 0.310. The molecule has 0 atom stereocenters. The number of anilines is 1. The molecule has 3 heterocycles. The summed E-state index contributed by atoms with van der Waals surface area (Å²) in [4.78, 5) is 7.02. The Balaban J connectivity index is 1.73. The van der Waals surface area contributed by atoms with Gasteiger partial charge in [0.2, 0.25) is 5.95 Å². The summed E-state index contributed by atoms with van der Waals surface area (Å²) in [6, 6.07) is 14.4. The highest BCUT2D eigenvalue weighted by molar-refractivity contribution is 7.99. The van der Waals surface area contributed by atoms with Crippen molar-refractivity contribution in [2.24, 2.45) is 0 Å². The lowest BCUT2D eigenvalue weighted by Gasteiger charge is -2.33. The summed E-state index contributed by atoms with van der Waals surface area (Å²) >= 11 is 8.05. The predicted octanol–water partition coefficient (Wildman–Crippen LogP) is 3.80. The van der Waals surface area contributed by atoms with E-state index >= 15 is 0 Å². The first-order valence-corrected chi connectivity index (χ1v) is 9.86. The van der Waals surface area contributed by atoms with Crippen LogP contribution in [0.25, 0.3) is 17.1 Å². The van der Waals surface area contributed by atoms with E-state index < -0.39 is 0 Å². The standard InChI is InChI=1S/C19H18ClN5S/c1-23-8-10-24(11-9-23)19-22-21-18-14-12-13(20)6-7-16(14)26-17-5-3-2-4-15(17)25(18)19/h2-7,12H,8-11H2,1H3. The smallest absolute Gasteiger partial charge is 0.232 e. The van der Waals surface area contributed by atoms with Gasteiger partial charge in [0.15, 0.2) is 5.82 Å². The molecule has 0 aliphatic carbocycles. The van der Waals surface area contributed by atoms with Crippen molar-refractivity contribution in [2.75, 3.05) is 38.1 Å². The number of para-hydroxylation sites is 1. The Kier molecular flexibility index (Phi) is 3.92. The number of piperazine rings is 1. The second-order valence-corrected chi connectivity index (χ2v) is 8.18. The van der Waals surface area contributed by atoms with E-state index in [1.807, 2.05) is 12.1 Å². The Labute approximate surface area is 161 Å². The number of aromatic nitrogens is 3. The van der Waals surface area contributed by atoms with Gasteiger partial charge in [0.05, 0.1) is 5.69 Å². The molecule has 2 aliphatic rings. The molecule has 7 heteroatoms. The van der Waals surface area contributed by atoms with Crippen LogP contribution < -0.4 is 4.90 Å². The minimum Gasteiger partial charge on any atom is -0.338 e. The molecule has 2 aromatic carbocycles. The first kappa shape index (κ1) is 16.2. The average Bonchev–Trinajstić information content (AvgIpc) is 3.03. The molecule has 132 valence electrons. The van der Waals surface area contributed by atoms with Crippen molar-refractivity contribution in [3.63, 3.8) is 0 Å². The number of fused-ring (bicyclic) bond motifs is 5. The van der Waals surface area contributed by atoms with Gasteiger partial charge in [-0.15, -0.1) is 10.2 Å². The molecule has 0 N–H and O–H groups in total. The average molecular weight is 384 g/mol. The van der Waals surface area contributed by atoms with Crippen LogP contribution >= 0.6 is 23.4 Å². The normalized spacial score (nSPS) is 16.6. The van der Waals surface area contributed by atoms with Crippen molar-refractivity contribution in [1.82, 2.24) is 19.7 Å². The minimum absolute atomic E-state index is 0.714. The molecule has 0 bridgehead atoms. The summed E-state index contributed by atoms with van der Waals surface area (Å²) in [5.74, 6) is 1.77. The van der Waals surface area contributed by atoms with Crippen molar-refractivity contribution in [3.05, 3.63) is 47.5 Å². The lowest BCUT2D eigenvalue weighted by atomic mass is 10.2. The fraction of sp³-hybridized carbons (Fsp3) is 0.263. The second kappa shape index (κ2) is 6.30. The zero-order valence-electron chi connectivity index (χ0n) is 14.4. The van der Waals surface area contributed by atoms with Crippen LogP contribution in [-0.2, 0) is 0 Å². The highest BCUT2D eigenvalue weighted by atomic mass is 35.5. The highest BCUT2D eigenvalue weighted by Gasteiger charge is 2.28. The third-order valence-electron chi connectivity index (χ3n) is 4.94. The number of likely N-dealkylation sites (N-methyl/N-ethyl adjacent to an activating group) is 1. The van der Waals surface area contributed by atoms with Gasteiger partial charge in [0.1, 0.15) is 0 Å². The summed E-state index contributed by atoms with van der Waals surface area (Å²) in [5.41, 5.74) is 2.16. The molecule has 3 aromatic rings. The Hall–Kier alpha value is -2.02. The van der Waals surface area contributed by atoms with Crippen LogP contribution in [0.3, 0.4) is 0 Å². The molecular formula is C19H18ClN5S. The van der Waals surface area contributed by atoms with Crippen molar-refractivity contribution in [2.45, 2.75) is 9.79 Å². The monoisotopic (exact) mass is 383 g/mol. The number of hydrogen-bond donors (Lipinski definition) is 0. The fourth-order valence-corrected chi connectivity index (χ4v) is 4.71. The Morgan fingerprint density at radius 3 is 2.62 bits per heavy atom. The van der Waals surface area contributed by atoms with Gasteiger partial charge >= 0.3 is 0 Å². The summed E-state index contributed by atoms with van der Waals surface area (Å²) < 4.78 is 2.19.